The van der Waals surface area contributed by atoms with Crippen LogP contribution in [0, 0.1) is 11.8 Å². The second-order valence-electron chi connectivity index (χ2n) is 7.80. The van der Waals surface area contributed by atoms with Crippen LogP contribution in [0.3, 0.4) is 0 Å². The van der Waals surface area contributed by atoms with Crippen LogP contribution in [0.15, 0.2) is 42.4 Å². The fourth-order valence-corrected chi connectivity index (χ4v) is 4.21. The number of phenolic OH excluding ortho intramolecular Hbond substituents is 1. The third-order valence-corrected chi connectivity index (χ3v) is 5.25. The Morgan fingerprint density at radius 1 is 1.19 bits per heavy atom. The number of aromatic hydroxyl groups is 1. The molecule has 1 fully saturated rings. The molecular formula is C22H24N2O3. The zero-order valence-corrected chi connectivity index (χ0v) is 15.7. The number of hydrogen-bond donors (Lipinski definition) is 1. The molecule has 1 saturated heterocycles. The van der Waals surface area contributed by atoms with Gasteiger partial charge in [0.1, 0.15) is 11.5 Å². The van der Waals surface area contributed by atoms with Crippen LogP contribution in [-0.4, -0.2) is 33.9 Å². The van der Waals surface area contributed by atoms with Crippen molar-refractivity contribution in [3.63, 3.8) is 0 Å². The number of nitrogens with zero attached hydrogens (tertiary/aromatic N) is 2. The van der Waals surface area contributed by atoms with Crippen LogP contribution < -0.4 is 4.74 Å². The predicted octanol–water partition coefficient (Wildman–Crippen LogP) is 3.88. The number of pyridine rings is 1. The topological polar surface area (TPSA) is 62.7 Å². The number of likely N-dealkylation sites (tertiary alicyclic amines) is 1. The maximum atomic E-state index is 12.8. The smallest absolute Gasteiger partial charge is 0.231 e. The Hall–Kier alpha value is -2.66. The Bertz CT molecular complexity index is 882. The molecule has 0 bridgehead atoms. The minimum absolute atomic E-state index is 0.150. The molecule has 1 N–H and O–H groups in total. The van der Waals surface area contributed by atoms with E-state index in [2.05, 4.69) is 23.7 Å². The number of fused-ring (bicyclic) bond motifs is 1. The van der Waals surface area contributed by atoms with E-state index >= 15 is 0 Å². The third kappa shape index (κ3) is 3.60. The summed E-state index contributed by atoms with van der Waals surface area (Å²) in [4.78, 5) is 19.1. The lowest BCUT2D eigenvalue weighted by atomic mass is 9.91. The molecule has 1 aromatic heterocycles. The van der Waals surface area contributed by atoms with Crippen LogP contribution in [0.1, 0.15) is 41.8 Å². The van der Waals surface area contributed by atoms with Gasteiger partial charge in [-0.3, -0.25) is 14.7 Å². The van der Waals surface area contributed by atoms with Gasteiger partial charge in [0, 0.05) is 32.0 Å². The Kier molecular flexibility index (Phi) is 4.70. The molecule has 2 aromatic rings. The number of phenols is 1. The quantitative estimate of drug-likeness (QED) is 0.838. The van der Waals surface area contributed by atoms with E-state index in [1.54, 1.807) is 30.6 Å². The van der Waals surface area contributed by atoms with E-state index in [9.17, 15) is 9.90 Å². The van der Waals surface area contributed by atoms with Gasteiger partial charge in [-0.05, 0) is 54.2 Å². The molecule has 4 rings (SSSR count). The van der Waals surface area contributed by atoms with Gasteiger partial charge in [0.25, 0.3) is 0 Å². The number of piperidine rings is 1. The highest BCUT2D eigenvalue weighted by atomic mass is 16.5. The van der Waals surface area contributed by atoms with Gasteiger partial charge in [0.15, 0.2) is 5.76 Å². The lowest BCUT2D eigenvalue weighted by Crippen LogP contribution is -2.38. The first kappa shape index (κ1) is 17.7. The van der Waals surface area contributed by atoms with Crippen LogP contribution >= 0.6 is 0 Å². The van der Waals surface area contributed by atoms with Gasteiger partial charge in [-0.25, -0.2) is 0 Å². The summed E-state index contributed by atoms with van der Waals surface area (Å²) in [5.74, 6) is 2.05. The maximum absolute atomic E-state index is 12.8. The minimum atomic E-state index is -0.150. The highest BCUT2D eigenvalue weighted by molar-refractivity contribution is 6.14. The number of Topliss-reactive ketones (excluding diaryl/α,β-unsaturated/α-hetero) is 1. The lowest BCUT2D eigenvalue weighted by molar-refractivity contribution is 0.101. The number of benzene rings is 1. The molecule has 27 heavy (non-hydrogen) atoms. The number of carbonyl (C=O) groups is 1. The number of rotatable bonds is 3. The van der Waals surface area contributed by atoms with Gasteiger partial charge in [-0.1, -0.05) is 13.8 Å². The second-order valence-corrected chi connectivity index (χ2v) is 7.80. The molecule has 5 nitrogen and oxygen atoms in total. The molecule has 2 atom stereocenters. The Morgan fingerprint density at radius 3 is 2.59 bits per heavy atom. The molecule has 0 radical (unpaired) electrons. The Balaban J connectivity index is 1.64. The van der Waals surface area contributed by atoms with Crippen molar-refractivity contribution >= 4 is 11.9 Å². The summed E-state index contributed by atoms with van der Waals surface area (Å²) in [6, 6.07) is 6.88. The zero-order chi connectivity index (χ0) is 19.0. The van der Waals surface area contributed by atoms with Crippen molar-refractivity contribution in [3.8, 4) is 11.5 Å². The van der Waals surface area contributed by atoms with Crippen molar-refractivity contribution < 1.29 is 14.6 Å². The van der Waals surface area contributed by atoms with E-state index < -0.39 is 0 Å². The number of aromatic nitrogens is 1. The average Bonchev–Trinajstić information content (AvgIpc) is 2.94. The molecular weight excluding hydrogens is 340 g/mol. The van der Waals surface area contributed by atoms with Gasteiger partial charge in [0.2, 0.25) is 5.78 Å². The zero-order valence-electron chi connectivity index (χ0n) is 15.7. The first-order valence-corrected chi connectivity index (χ1v) is 9.42. The Morgan fingerprint density at radius 2 is 1.89 bits per heavy atom. The molecule has 140 valence electrons. The summed E-state index contributed by atoms with van der Waals surface area (Å²) in [5, 5.41) is 10.5. The summed E-state index contributed by atoms with van der Waals surface area (Å²) >= 11 is 0. The standard InChI is InChI=1S/C22H24N2O3/c1-14-9-15(2)12-24(11-14)13-18-19(25)4-3-17-21(26)20(27-22(17)18)10-16-5-7-23-8-6-16/h3-8,10,14-15,25H,9,11-13H2,1-2H3/b20-10-/t14-,15+. The molecule has 0 saturated carbocycles. The summed E-state index contributed by atoms with van der Waals surface area (Å²) < 4.78 is 5.93. The van der Waals surface area contributed by atoms with E-state index in [-0.39, 0.29) is 17.3 Å². The number of carbonyl (C=O) groups excluding carboxylic acids is 1. The molecule has 5 heteroatoms. The van der Waals surface area contributed by atoms with Crippen LogP contribution in [0.2, 0.25) is 0 Å². The van der Waals surface area contributed by atoms with Crippen molar-refractivity contribution in [2.45, 2.75) is 26.8 Å². The molecule has 2 aliphatic rings. The summed E-state index contributed by atoms with van der Waals surface area (Å²) in [6.07, 6.45) is 6.29. The normalized spacial score (nSPS) is 24.1. The molecule has 2 aliphatic heterocycles. The second kappa shape index (κ2) is 7.16. The number of ether oxygens (including phenoxy) is 1. The predicted molar refractivity (Wildman–Crippen MR) is 104 cm³/mol. The van der Waals surface area contributed by atoms with Crippen molar-refractivity contribution in [2.24, 2.45) is 11.8 Å². The van der Waals surface area contributed by atoms with Crippen molar-refractivity contribution in [1.82, 2.24) is 9.88 Å². The largest absolute Gasteiger partial charge is 0.507 e. The molecule has 0 spiro atoms. The molecule has 0 unspecified atom stereocenters. The van der Waals surface area contributed by atoms with Gasteiger partial charge in [-0.2, -0.15) is 0 Å². The van der Waals surface area contributed by atoms with Crippen LogP contribution in [-0.2, 0) is 6.54 Å². The summed E-state index contributed by atoms with van der Waals surface area (Å²) in [6.45, 7) is 7.07. The monoisotopic (exact) mass is 364 g/mol. The summed E-state index contributed by atoms with van der Waals surface area (Å²) in [7, 11) is 0. The van der Waals surface area contributed by atoms with E-state index in [4.69, 9.17) is 4.74 Å². The molecule has 1 aromatic carbocycles. The molecule has 0 amide bonds. The van der Waals surface area contributed by atoms with E-state index in [1.165, 1.54) is 6.42 Å². The van der Waals surface area contributed by atoms with Gasteiger partial charge >= 0.3 is 0 Å². The number of allylic oxidation sites excluding steroid dienone is 1. The van der Waals surface area contributed by atoms with Crippen molar-refractivity contribution in [1.29, 1.82) is 0 Å². The first-order valence-electron chi connectivity index (χ1n) is 9.42. The van der Waals surface area contributed by atoms with Crippen LogP contribution in [0.4, 0.5) is 0 Å². The number of ketones is 1. The maximum Gasteiger partial charge on any atom is 0.231 e. The average molecular weight is 364 g/mol. The first-order chi connectivity index (χ1) is 13.0. The van der Waals surface area contributed by atoms with Gasteiger partial charge in [-0.15, -0.1) is 0 Å². The lowest BCUT2D eigenvalue weighted by Gasteiger charge is -2.35. The SMILES string of the molecule is C[C@@H]1C[C@H](C)CN(Cc2c(O)ccc3c2O/C(=C\c2ccncc2)C3=O)C1. The van der Waals surface area contributed by atoms with Gasteiger partial charge in [0.05, 0.1) is 11.1 Å². The molecule has 3 heterocycles. The Labute approximate surface area is 159 Å². The fourth-order valence-electron chi connectivity index (χ4n) is 4.21. The van der Waals surface area contributed by atoms with E-state index in [0.717, 1.165) is 18.7 Å². The van der Waals surface area contributed by atoms with Gasteiger partial charge < -0.3 is 9.84 Å². The van der Waals surface area contributed by atoms with E-state index in [0.29, 0.717) is 35.3 Å². The third-order valence-electron chi connectivity index (χ3n) is 5.25. The molecule has 0 aliphatic carbocycles. The highest BCUT2D eigenvalue weighted by Crippen LogP contribution is 2.40. The van der Waals surface area contributed by atoms with E-state index in [1.807, 2.05) is 12.1 Å². The summed E-state index contributed by atoms with van der Waals surface area (Å²) in [5.41, 5.74) is 2.06. The van der Waals surface area contributed by atoms with Crippen LogP contribution in [0.25, 0.3) is 6.08 Å². The van der Waals surface area contributed by atoms with Crippen LogP contribution in [0.5, 0.6) is 11.5 Å². The fraction of sp³-hybridized carbons (Fsp3) is 0.364. The number of hydrogen-bond acceptors (Lipinski definition) is 5. The minimum Gasteiger partial charge on any atom is -0.507 e. The highest BCUT2D eigenvalue weighted by Gasteiger charge is 2.32. The van der Waals surface area contributed by atoms with Crippen molar-refractivity contribution in [3.05, 3.63) is 59.1 Å². The van der Waals surface area contributed by atoms with Crippen molar-refractivity contribution in [2.75, 3.05) is 13.1 Å².